The predicted molar refractivity (Wildman–Crippen MR) is 56.0 cm³/mol. The average Bonchev–Trinajstić information content (AvgIpc) is 2.30. The Morgan fingerprint density at radius 2 is 2.17 bits per heavy atom. The van der Waals surface area contributed by atoms with Gasteiger partial charge in [0.2, 0.25) is 0 Å². The molecule has 0 N–H and O–H groups in total. The van der Waals surface area contributed by atoms with E-state index in [2.05, 4.69) is 9.72 Å². The lowest BCUT2D eigenvalue weighted by Gasteiger charge is -2.12. The monoisotopic (exact) mass is 263 g/mol. The molecule has 0 spiro atoms. The number of hydrogen-bond acceptors (Lipinski definition) is 4. The van der Waals surface area contributed by atoms with Crippen LogP contribution in [-0.4, -0.2) is 24.7 Å². The lowest BCUT2D eigenvalue weighted by atomic mass is 10.1. The molecule has 0 aliphatic rings. The van der Waals surface area contributed by atoms with Gasteiger partial charge in [-0.1, -0.05) is 0 Å². The normalized spacial score (nSPS) is 10.6. The van der Waals surface area contributed by atoms with Gasteiger partial charge in [0.15, 0.2) is 11.6 Å². The number of carbonyl (C=O) groups excluding carboxylic acids is 1. The van der Waals surface area contributed by atoms with Gasteiger partial charge in [-0.2, -0.15) is 0 Å². The summed E-state index contributed by atoms with van der Waals surface area (Å²) in [6, 6.07) is 0. The van der Waals surface area contributed by atoms with Crippen molar-refractivity contribution in [1.29, 1.82) is 0 Å². The number of halogens is 3. The van der Waals surface area contributed by atoms with Crippen molar-refractivity contribution in [2.24, 2.45) is 0 Å². The van der Waals surface area contributed by atoms with Crippen molar-refractivity contribution in [1.82, 2.24) is 4.98 Å². The number of pyridine rings is 1. The quantitative estimate of drug-likeness (QED) is 0.765. The molecule has 1 aromatic rings. The van der Waals surface area contributed by atoms with E-state index < -0.39 is 29.5 Å². The van der Waals surface area contributed by atoms with E-state index in [1.54, 1.807) is 6.92 Å². The van der Waals surface area contributed by atoms with Crippen molar-refractivity contribution >= 4 is 5.97 Å². The minimum Gasteiger partial charge on any atom is -0.494 e. The summed E-state index contributed by atoms with van der Waals surface area (Å²) in [5, 5.41) is 0. The third-order valence-corrected chi connectivity index (χ3v) is 2.14. The Labute approximate surface area is 102 Å². The van der Waals surface area contributed by atoms with Crippen LogP contribution < -0.4 is 4.74 Å². The van der Waals surface area contributed by atoms with Crippen LogP contribution in [0.25, 0.3) is 0 Å². The summed E-state index contributed by atoms with van der Waals surface area (Å²) in [7, 11) is 1.11. The van der Waals surface area contributed by atoms with Crippen molar-refractivity contribution in [3.8, 4) is 5.75 Å². The summed E-state index contributed by atoms with van der Waals surface area (Å²) < 4.78 is 47.9. The minimum absolute atomic E-state index is 0.0762. The van der Waals surface area contributed by atoms with Gasteiger partial charge in [-0.3, -0.25) is 9.78 Å². The zero-order valence-corrected chi connectivity index (χ0v) is 9.87. The van der Waals surface area contributed by atoms with E-state index >= 15 is 0 Å². The van der Waals surface area contributed by atoms with Crippen molar-refractivity contribution in [3.05, 3.63) is 23.3 Å². The van der Waals surface area contributed by atoms with Crippen LogP contribution in [0, 0.1) is 5.82 Å². The van der Waals surface area contributed by atoms with Crippen LogP contribution in [-0.2, 0) is 16.0 Å². The summed E-state index contributed by atoms with van der Waals surface area (Å²) in [5.41, 5.74) is -0.973. The molecule has 0 bridgehead atoms. The molecule has 1 heterocycles. The van der Waals surface area contributed by atoms with Crippen LogP contribution in [0.2, 0.25) is 0 Å². The van der Waals surface area contributed by atoms with Crippen LogP contribution >= 0.6 is 0 Å². The highest BCUT2D eigenvalue weighted by molar-refractivity contribution is 5.73. The number of ether oxygens (including phenoxy) is 2. The molecule has 0 saturated carbocycles. The maximum atomic E-state index is 13.2. The SMILES string of the molecule is CCOC(=O)Cc1ncc(F)c(C(F)F)c1OC. The summed E-state index contributed by atoms with van der Waals surface area (Å²) >= 11 is 0. The van der Waals surface area contributed by atoms with E-state index in [4.69, 9.17) is 4.74 Å². The Balaban J connectivity index is 3.13. The molecule has 0 aromatic carbocycles. The molecule has 100 valence electrons. The van der Waals surface area contributed by atoms with Gasteiger partial charge < -0.3 is 9.47 Å². The third-order valence-electron chi connectivity index (χ3n) is 2.14. The van der Waals surface area contributed by atoms with Crippen molar-refractivity contribution in [2.45, 2.75) is 19.8 Å². The van der Waals surface area contributed by atoms with Gasteiger partial charge in [0.1, 0.15) is 0 Å². The van der Waals surface area contributed by atoms with Gasteiger partial charge >= 0.3 is 5.97 Å². The fourth-order valence-electron chi connectivity index (χ4n) is 1.43. The van der Waals surface area contributed by atoms with Crippen LogP contribution in [0.15, 0.2) is 6.20 Å². The number of alkyl halides is 2. The Kier molecular flexibility index (Phi) is 4.94. The fraction of sp³-hybridized carbons (Fsp3) is 0.455. The van der Waals surface area contributed by atoms with E-state index in [0.29, 0.717) is 6.20 Å². The van der Waals surface area contributed by atoms with E-state index in [1.807, 2.05) is 0 Å². The lowest BCUT2D eigenvalue weighted by Crippen LogP contribution is -2.12. The number of rotatable bonds is 5. The molecule has 4 nitrogen and oxygen atoms in total. The molecule has 7 heteroatoms. The molecule has 0 atom stereocenters. The second kappa shape index (κ2) is 6.23. The van der Waals surface area contributed by atoms with Crippen LogP contribution in [0.4, 0.5) is 13.2 Å². The Hall–Kier alpha value is -1.79. The summed E-state index contributed by atoms with van der Waals surface area (Å²) in [6.45, 7) is 1.77. The molecule has 0 radical (unpaired) electrons. The Morgan fingerprint density at radius 1 is 1.50 bits per heavy atom. The largest absolute Gasteiger partial charge is 0.494 e. The van der Waals surface area contributed by atoms with Gasteiger partial charge in [0.25, 0.3) is 6.43 Å². The molecular formula is C11H12F3NO3. The zero-order valence-electron chi connectivity index (χ0n) is 9.87. The van der Waals surface area contributed by atoms with Crippen molar-refractivity contribution < 1.29 is 27.4 Å². The summed E-state index contributed by atoms with van der Waals surface area (Å²) in [5.74, 6) is -2.23. The molecule has 0 saturated heterocycles. The zero-order chi connectivity index (χ0) is 13.7. The average molecular weight is 263 g/mol. The molecule has 0 amide bonds. The summed E-state index contributed by atoms with van der Waals surface area (Å²) in [6.07, 6.45) is -2.76. The van der Waals surface area contributed by atoms with Gasteiger partial charge in [0.05, 0.1) is 37.6 Å². The van der Waals surface area contributed by atoms with E-state index in [9.17, 15) is 18.0 Å². The molecule has 1 rings (SSSR count). The second-order valence-corrected chi connectivity index (χ2v) is 3.28. The molecule has 0 unspecified atom stereocenters. The molecule has 0 aliphatic heterocycles. The van der Waals surface area contributed by atoms with Gasteiger partial charge in [0, 0.05) is 0 Å². The number of methoxy groups -OCH3 is 1. The van der Waals surface area contributed by atoms with Gasteiger partial charge in [-0.05, 0) is 6.92 Å². The van der Waals surface area contributed by atoms with Crippen LogP contribution in [0.3, 0.4) is 0 Å². The molecule has 0 aliphatic carbocycles. The topological polar surface area (TPSA) is 48.4 Å². The number of carbonyl (C=O) groups is 1. The molecule has 18 heavy (non-hydrogen) atoms. The number of esters is 1. The first-order chi connectivity index (χ1) is 8.51. The van der Waals surface area contributed by atoms with Gasteiger partial charge in [-0.25, -0.2) is 13.2 Å². The second-order valence-electron chi connectivity index (χ2n) is 3.28. The van der Waals surface area contributed by atoms with Crippen molar-refractivity contribution in [2.75, 3.05) is 13.7 Å². The Morgan fingerprint density at radius 3 is 2.67 bits per heavy atom. The highest BCUT2D eigenvalue weighted by Gasteiger charge is 2.24. The van der Waals surface area contributed by atoms with Crippen LogP contribution in [0.1, 0.15) is 24.6 Å². The minimum atomic E-state index is -3.05. The number of hydrogen-bond donors (Lipinski definition) is 0. The fourth-order valence-corrected chi connectivity index (χ4v) is 1.43. The van der Waals surface area contributed by atoms with E-state index in [0.717, 1.165) is 7.11 Å². The molecule has 0 fully saturated rings. The summed E-state index contributed by atoms with van der Waals surface area (Å²) in [4.78, 5) is 14.8. The standard InChI is InChI=1S/C11H12F3NO3/c1-3-18-8(16)4-7-10(17-2)9(11(13)14)6(12)5-15-7/h5,11H,3-4H2,1-2H3. The number of aromatic nitrogens is 1. The first-order valence-electron chi connectivity index (χ1n) is 5.16. The van der Waals surface area contributed by atoms with Crippen LogP contribution in [0.5, 0.6) is 5.75 Å². The first kappa shape index (κ1) is 14.3. The predicted octanol–water partition coefficient (Wildman–Crippen LogP) is 2.27. The smallest absolute Gasteiger partial charge is 0.312 e. The highest BCUT2D eigenvalue weighted by atomic mass is 19.3. The highest BCUT2D eigenvalue weighted by Crippen LogP contribution is 2.33. The lowest BCUT2D eigenvalue weighted by molar-refractivity contribution is -0.142. The van der Waals surface area contributed by atoms with E-state index in [1.165, 1.54) is 0 Å². The Bertz CT molecular complexity index is 438. The third kappa shape index (κ3) is 3.12. The maximum Gasteiger partial charge on any atom is 0.312 e. The number of nitrogens with zero attached hydrogens (tertiary/aromatic N) is 1. The van der Waals surface area contributed by atoms with E-state index in [-0.39, 0.29) is 18.7 Å². The van der Waals surface area contributed by atoms with Crippen molar-refractivity contribution in [3.63, 3.8) is 0 Å². The van der Waals surface area contributed by atoms with Gasteiger partial charge in [-0.15, -0.1) is 0 Å². The first-order valence-corrected chi connectivity index (χ1v) is 5.16. The molecular weight excluding hydrogens is 251 g/mol. The maximum absolute atomic E-state index is 13.2. The molecule has 1 aromatic heterocycles.